The highest BCUT2D eigenvalue weighted by Crippen LogP contribution is 2.27. The van der Waals surface area contributed by atoms with Gasteiger partial charge in [-0.3, -0.25) is 9.59 Å². The highest BCUT2D eigenvalue weighted by atomic mass is 16.2. The summed E-state index contributed by atoms with van der Waals surface area (Å²) in [5, 5.41) is 0. The SMILES string of the molecule is CCCn1cnc2cc(C(=O)N3CCCCCCCCN(C(=O)CC(C)C)c4ccccc4C3)ccc21. The maximum absolute atomic E-state index is 13.8. The fourth-order valence-electron chi connectivity index (χ4n) is 5.28. The number of hydrogen-bond donors (Lipinski definition) is 0. The smallest absolute Gasteiger partial charge is 0.254 e. The summed E-state index contributed by atoms with van der Waals surface area (Å²) in [4.78, 5) is 35.6. The molecule has 37 heavy (non-hydrogen) atoms. The van der Waals surface area contributed by atoms with E-state index < -0.39 is 0 Å². The van der Waals surface area contributed by atoms with Gasteiger partial charge in [-0.05, 0) is 55.0 Å². The first-order valence-electron chi connectivity index (χ1n) is 14.1. The number of para-hydroxylation sites is 1. The summed E-state index contributed by atoms with van der Waals surface area (Å²) < 4.78 is 2.14. The second kappa shape index (κ2) is 12.9. The number of imidazole rings is 1. The summed E-state index contributed by atoms with van der Waals surface area (Å²) in [5.74, 6) is 0.498. The minimum atomic E-state index is 0.0247. The van der Waals surface area contributed by atoms with E-state index in [1.54, 1.807) is 0 Å². The summed E-state index contributed by atoms with van der Waals surface area (Å²) in [5.41, 5.74) is 4.56. The van der Waals surface area contributed by atoms with Crippen LogP contribution in [0.5, 0.6) is 0 Å². The molecule has 0 spiro atoms. The monoisotopic (exact) mass is 502 g/mol. The van der Waals surface area contributed by atoms with Gasteiger partial charge in [-0.1, -0.05) is 64.7 Å². The standard InChI is InChI=1S/C31H42N4O2/c1-4-17-34-23-32-27-21-25(15-16-29(27)34)31(37)33-18-11-7-5-6-8-12-19-35(30(36)20-24(2)3)28-14-10-9-13-26(28)22-33/h9-10,13-16,21,23-24H,4-8,11-12,17-20,22H2,1-3H3. The number of aromatic nitrogens is 2. The number of benzene rings is 2. The van der Waals surface area contributed by atoms with Crippen LogP contribution in [0.3, 0.4) is 0 Å². The van der Waals surface area contributed by atoms with Crippen molar-refractivity contribution in [1.82, 2.24) is 14.5 Å². The molecule has 6 heteroatoms. The molecule has 4 rings (SSSR count). The van der Waals surface area contributed by atoms with Crippen LogP contribution in [0.1, 0.15) is 88.1 Å². The van der Waals surface area contributed by atoms with Crippen molar-refractivity contribution in [1.29, 1.82) is 0 Å². The van der Waals surface area contributed by atoms with Crippen molar-refractivity contribution in [2.75, 3.05) is 18.0 Å². The molecule has 0 saturated carbocycles. The van der Waals surface area contributed by atoms with E-state index in [0.29, 0.717) is 31.0 Å². The van der Waals surface area contributed by atoms with Crippen LogP contribution < -0.4 is 4.90 Å². The van der Waals surface area contributed by atoms with Crippen LogP contribution in [0.4, 0.5) is 5.69 Å². The number of anilines is 1. The lowest BCUT2D eigenvalue weighted by atomic mass is 10.1. The Kier molecular flexibility index (Phi) is 9.37. The number of amides is 2. The molecule has 2 heterocycles. The third kappa shape index (κ3) is 6.79. The minimum Gasteiger partial charge on any atom is -0.334 e. The predicted octanol–water partition coefficient (Wildman–Crippen LogP) is 6.82. The van der Waals surface area contributed by atoms with Gasteiger partial charge in [-0.15, -0.1) is 0 Å². The van der Waals surface area contributed by atoms with Crippen LogP contribution in [-0.2, 0) is 17.9 Å². The van der Waals surface area contributed by atoms with Crippen LogP contribution >= 0.6 is 0 Å². The number of fused-ring (bicyclic) bond motifs is 2. The predicted molar refractivity (Wildman–Crippen MR) is 151 cm³/mol. The van der Waals surface area contributed by atoms with E-state index >= 15 is 0 Å². The first-order valence-corrected chi connectivity index (χ1v) is 14.1. The van der Waals surface area contributed by atoms with Gasteiger partial charge in [-0.2, -0.15) is 0 Å². The Morgan fingerprint density at radius 2 is 1.68 bits per heavy atom. The molecule has 1 aliphatic heterocycles. The first-order chi connectivity index (χ1) is 18.0. The first kappa shape index (κ1) is 26.9. The van der Waals surface area contributed by atoms with E-state index in [0.717, 1.165) is 73.9 Å². The van der Waals surface area contributed by atoms with Gasteiger partial charge in [0.2, 0.25) is 5.91 Å². The van der Waals surface area contributed by atoms with Crippen molar-refractivity contribution in [3.05, 3.63) is 59.9 Å². The highest BCUT2D eigenvalue weighted by Gasteiger charge is 2.23. The fourth-order valence-corrected chi connectivity index (χ4v) is 5.28. The molecule has 0 unspecified atom stereocenters. The van der Waals surface area contributed by atoms with Crippen LogP contribution in [0, 0.1) is 5.92 Å². The minimum absolute atomic E-state index is 0.0247. The molecule has 6 nitrogen and oxygen atoms in total. The zero-order valence-electron chi connectivity index (χ0n) is 22.8. The Balaban J connectivity index is 1.65. The summed E-state index contributed by atoms with van der Waals surface area (Å²) in [6, 6.07) is 14.0. The molecular formula is C31H42N4O2. The topological polar surface area (TPSA) is 58.4 Å². The molecule has 198 valence electrons. The van der Waals surface area contributed by atoms with Gasteiger partial charge in [0.25, 0.3) is 5.91 Å². The molecule has 0 atom stereocenters. The van der Waals surface area contributed by atoms with Crippen molar-refractivity contribution in [2.24, 2.45) is 5.92 Å². The molecule has 0 aliphatic carbocycles. The van der Waals surface area contributed by atoms with Gasteiger partial charge < -0.3 is 14.4 Å². The third-order valence-corrected chi connectivity index (χ3v) is 7.21. The average molecular weight is 503 g/mol. The molecule has 1 aromatic heterocycles. The number of rotatable bonds is 5. The molecule has 0 fully saturated rings. The molecule has 2 amide bonds. The molecule has 0 N–H and O–H groups in total. The number of nitrogens with zero attached hydrogens (tertiary/aromatic N) is 4. The van der Waals surface area contributed by atoms with E-state index in [-0.39, 0.29) is 11.8 Å². The lowest BCUT2D eigenvalue weighted by Gasteiger charge is -2.29. The second-order valence-electron chi connectivity index (χ2n) is 10.8. The van der Waals surface area contributed by atoms with Crippen molar-refractivity contribution >= 4 is 28.5 Å². The van der Waals surface area contributed by atoms with Gasteiger partial charge >= 0.3 is 0 Å². The number of carbonyl (C=O) groups is 2. The van der Waals surface area contributed by atoms with Gasteiger partial charge in [0, 0.05) is 43.9 Å². The van der Waals surface area contributed by atoms with Crippen LogP contribution in [0.25, 0.3) is 11.0 Å². The van der Waals surface area contributed by atoms with E-state index in [9.17, 15) is 9.59 Å². The third-order valence-electron chi connectivity index (χ3n) is 7.21. The Bertz CT molecular complexity index is 1200. The van der Waals surface area contributed by atoms with E-state index in [2.05, 4.69) is 36.4 Å². The van der Waals surface area contributed by atoms with Gasteiger partial charge in [0.1, 0.15) is 0 Å². The fraction of sp³-hybridized carbons (Fsp3) is 0.516. The van der Waals surface area contributed by atoms with E-state index in [1.807, 2.05) is 52.5 Å². The Morgan fingerprint density at radius 3 is 2.43 bits per heavy atom. The van der Waals surface area contributed by atoms with E-state index in [1.165, 1.54) is 6.42 Å². The Morgan fingerprint density at radius 1 is 0.946 bits per heavy atom. The largest absolute Gasteiger partial charge is 0.334 e. The summed E-state index contributed by atoms with van der Waals surface area (Å²) in [6.45, 7) is 9.17. The van der Waals surface area contributed by atoms with Crippen molar-refractivity contribution < 1.29 is 9.59 Å². The van der Waals surface area contributed by atoms with Crippen molar-refractivity contribution in [3.8, 4) is 0 Å². The Hall–Kier alpha value is -3.15. The lowest BCUT2D eigenvalue weighted by Crippen LogP contribution is -2.35. The maximum atomic E-state index is 13.8. The summed E-state index contributed by atoms with van der Waals surface area (Å²) >= 11 is 0. The quantitative estimate of drug-likeness (QED) is 0.384. The van der Waals surface area contributed by atoms with Gasteiger partial charge in [0.05, 0.1) is 17.4 Å². The van der Waals surface area contributed by atoms with Crippen molar-refractivity contribution in [2.45, 2.75) is 85.2 Å². The normalized spacial score (nSPS) is 15.7. The molecule has 2 aromatic carbocycles. The van der Waals surface area contributed by atoms with Crippen LogP contribution in [-0.4, -0.2) is 39.4 Å². The lowest BCUT2D eigenvalue weighted by molar-refractivity contribution is -0.119. The zero-order valence-corrected chi connectivity index (χ0v) is 22.8. The Labute approximate surface area is 221 Å². The van der Waals surface area contributed by atoms with Gasteiger partial charge in [0.15, 0.2) is 0 Å². The van der Waals surface area contributed by atoms with Gasteiger partial charge in [-0.25, -0.2) is 4.98 Å². The number of aryl methyl sites for hydroxylation is 1. The maximum Gasteiger partial charge on any atom is 0.254 e. The number of carbonyl (C=O) groups excluding carboxylic acids is 2. The summed E-state index contributed by atoms with van der Waals surface area (Å²) in [7, 11) is 0. The van der Waals surface area contributed by atoms with Crippen LogP contribution in [0.15, 0.2) is 48.8 Å². The van der Waals surface area contributed by atoms with E-state index in [4.69, 9.17) is 0 Å². The zero-order chi connectivity index (χ0) is 26.2. The molecular weight excluding hydrogens is 460 g/mol. The molecule has 1 aliphatic rings. The molecule has 3 aromatic rings. The van der Waals surface area contributed by atoms with Crippen molar-refractivity contribution in [3.63, 3.8) is 0 Å². The molecule has 0 radical (unpaired) electrons. The average Bonchev–Trinajstić information content (AvgIpc) is 3.29. The second-order valence-corrected chi connectivity index (χ2v) is 10.8. The molecule has 0 bridgehead atoms. The summed E-state index contributed by atoms with van der Waals surface area (Å²) in [6.07, 6.45) is 9.98. The molecule has 0 saturated heterocycles. The number of hydrogen-bond acceptors (Lipinski definition) is 3. The van der Waals surface area contributed by atoms with Crippen LogP contribution in [0.2, 0.25) is 0 Å². The highest BCUT2D eigenvalue weighted by molar-refractivity contribution is 5.98.